The van der Waals surface area contributed by atoms with E-state index in [0.29, 0.717) is 12.3 Å². The molecule has 0 aliphatic carbocycles. The topological polar surface area (TPSA) is 59.0 Å². The number of imidazole rings is 1. The van der Waals surface area contributed by atoms with Gasteiger partial charge in [0.25, 0.3) is 0 Å². The number of nitrogens with zero attached hydrogens (tertiary/aromatic N) is 2. The van der Waals surface area contributed by atoms with Crippen LogP contribution in [0.15, 0.2) is 0 Å². The van der Waals surface area contributed by atoms with Gasteiger partial charge in [0.15, 0.2) is 0 Å². The first-order valence-corrected chi connectivity index (χ1v) is 7.57. The second kappa shape index (κ2) is 6.39. The number of aromatic nitrogens is 2. The lowest BCUT2D eigenvalue weighted by Crippen LogP contribution is -2.31. The second-order valence-corrected chi connectivity index (χ2v) is 6.07. The van der Waals surface area contributed by atoms with Crippen molar-refractivity contribution in [2.45, 2.75) is 65.6 Å². The molecule has 0 fully saturated rings. The highest BCUT2D eigenvalue weighted by Gasteiger charge is 2.21. The van der Waals surface area contributed by atoms with Crippen molar-refractivity contribution in [3.8, 4) is 0 Å². The fourth-order valence-corrected chi connectivity index (χ4v) is 2.69. The van der Waals surface area contributed by atoms with Gasteiger partial charge < -0.3 is 15.2 Å². The summed E-state index contributed by atoms with van der Waals surface area (Å²) in [7, 11) is 0. The first-order valence-electron chi connectivity index (χ1n) is 7.57. The van der Waals surface area contributed by atoms with Gasteiger partial charge in [0.1, 0.15) is 5.82 Å². The van der Waals surface area contributed by atoms with Gasteiger partial charge in [-0.05, 0) is 13.8 Å². The van der Waals surface area contributed by atoms with E-state index in [2.05, 4.69) is 29.0 Å². The smallest absolute Gasteiger partial charge is 0.221 e. The zero-order chi connectivity index (χ0) is 14.7. The van der Waals surface area contributed by atoms with Gasteiger partial charge in [-0.15, -0.1) is 0 Å². The van der Waals surface area contributed by atoms with Gasteiger partial charge in [0.05, 0.1) is 5.69 Å². The van der Waals surface area contributed by atoms with E-state index < -0.39 is 0 Å². The number of hydrogen-bond acceptors (Lipinski definition) is 3. The molecule has 0 radical (unpaired) electrons. The fourth-order valence-electron chi connectivity index (χ4n) is 2.69. The number of rotatable bonds is 5. The van der Waals surface area contributed by atoms with Crippen molar-refractivity contribution in [2.75, 3.05) is 6.54 Å². The summed E-state index contributed by atoms with van der Waals surface area (Å²) in [5, 5.41) is 6.31. The van der Waals surface area contributed by atoms with Crippen LogP contribution in [-0.2, 0) is 24.3 Å². The van der Waals surface area contributed by atoms with Gasteiger partial charge in [-0.1, -0.05) is 13.8 Å². The molecule has 0 aromatic carbocycles. The number of carbonyl (C=O) groups is 1. The molecule has 1 aromatic heterocycles. The predicted molar refractivity (Wildman–Crippen MR) is 79.6 cm³/mol. The molecule has 1 aliphatic heterocycles. The number of nitrogens with one attached hydrogen (secondary N) is 2. The molecule has 0 saturated heterocycles. The minimum atomic E-state index is 0.117. The maximum Gasteiger partial charge on any atom is 0.221 e. The molecule has 0 bridgehead atoms. The summed E-state index contributed by atoms with van der Waals surface area (Å²) >= 11 is 0. The van der Waals surface area contributed by atoms with Crippen molar-refractivity contribution in [3.05, 3.63) is 17.2 Å². The van der Waals surface area contributed by atoms with Gasteiger partial charge in [0, 0.05) is 50.1 Å². The number of amides is 1. The quantitative estimate of drug-likeness (QED) is 0.859. The largest absolute Gasteiger partial charge is 0.354 e. The van der Waals surface area contributed by atoms with Gasteiger partial charge in [-0.25, -0.2) is 4.98 Å². The summed E-state index contributed by atoms with van der Waals surface area (Å²) in [4.78, 5) is 16.6. The lowest BCUT2D eigenvalue weighted by Gasteiger charge is -2.17. The fraction of sp³-hybridized carbons (Fsp3) is 0.733. The maximum atomic E-state index is 11.8. The SMILES string of the molecule is CC(C)NC(=O)CCn1c(C(C)C)nc2c1CCNC2. The van der Waals surface area contributed by atoms with Crippen molar-refractivity contribution in [3.63, 3.8) is 0 Å². The Morgan fingerprint density at radius 1 is 1.40 bits per heavy atom. The molecule has 1 amide bonds. The number of carbonyl (C=O) groups excluding carboxylic acids is 1. The molecule has 2 heterocycles. The molecule has 2 rings (SSSR count). The average Bonchev–Trinajstić information content (AvgIpc) is 2.74. The van der Waals surface area contributed by atoms with E-state index in [0.717, 1.165) is 37.6 Å². The van der Waals surface area contributed by atoms with Gasteiger partial charge in [-0.2, -0.15) is 0 Å². The highest BCUT2D eigenvalue weighted by molar-refractivity contribution is 5.76. The van der Waals surface area contributed by atoms with Crippen LogP contribution >= 0.6 is 0 Å². The van der Waals surface area contributed by atoms with Crippen molar-refractivity contribution in [1.82, 2.24) is 20.2 Å². The number of fused-ring (bicyclic) bond motifs is 1. The summed E-state index contributed by atoms with van der Waals surface area (Å²) in [6.07, 6.45) is 1.52. The molecule has 5 nitrogen and oxygen atoms in total. The molecule has 20 heavy (non-hydrogen) atoms. The molecule has 1 aromatic rings. The molecular formula is C15H26N4O. The highest BCUT2D eigenvalue weighted by Crippen LogP contribution is 2.22. The van der Waals surface area contributed by atoms with E-state index in [4.69, 9.17) is 4.98 Å². The van der Waals surface area contributed by atoms with Crippen LogP contribution in [-0.4, -0.2) is 28.0 Å². The lowest BCUT2D eigenvalue weighted by atomic mass is 10.1. The standard InChI is InChI=1S/C15H26N4O/c1-10(2)15-18-12-9-16-7-5-13(12)19(15)8-6-14(20)17-11(3)4/h10-11,16H,5-9H2,1-4H3,(H,17,20). The van der Waals surface area contributed by atoms with Crippen LogP contribution < -0.4 is 10.6 Å². The highest BCUT2D eigenvalue weighted by atomic mass is 16.1. The van der Waals surface area contributed by atoms with Crippen LogP contribution in [0.5, 0.6) is 0 Å². The van der Waals surface area contributed by atoms with Crippen molar-refractivity contribution < 1.29 is 4.79 Å². The third kappa shape index (κ3) is 3.39. The Morgan fingerprint density at radius 2 is 2.15 bits per heavy atom. The molecular weight excluding hydrogens is 252 g/mol. The summed E-state index contributed by atoms with van der Waals surface area (Å²) in [5.74, 6) is 1.61. The normalized spacial score (nSPS) is 14.7. The average molecular weight is 278 g/mol. The van der Waals surface area contributed by atoms with E-state index in [1.807, 2.05) is 13.8 Å². The number of hydrogen-bond donors (Lipinski definition) is 2. The minimum Gasteiger partial charge on any atom is -0.354 e. The van der Waals surface area contributed by atoms with E-state index in [1.54, 1.807) is 0 Å². The van der Waals surface area contributed by atoms with E-state index in [1.165, 1.54) is 5.69 Å². The van der Waals surface area contributed by atoms with E-state index in [-0.39, 0.29) is 11.9 Å². The second-order valence-electron chi connectivity index (χ2n) is 6.07. The van der Waals surface area contributed by atoms with Crippen LogP contribution in [0.25, 0.3) is 0 Å². The van der Waals surface area contributed by atoms with Crippen LogP contribution in [0, 0.1) is 0 Å². The maximum absolute atomic E-state index is 11.8. The first kappa shape index (κ1) is 15.0. The molecule has 0 spiro atoms. The molecule has 112 valence electrons. The monoisotopic (exact) mass is 278 g/mol. The van der Waals surface area contributed by atoms with Crippen molar-refractivity contribution in [1.29, 1.82) is 0 Å². The molecule has 2 N–H and O–H groups in total. The van der Waals surface area contributed by atoms with Crippen LogP contribution in [0.1, 0.15) is 57.2 Å². The van der Waals surface area contributed by atoms with Crippen LogP contribution in [0.3, 0.4) is 0 Å². The minimum absolute atomic E-state index is 0.117. The zero-order valence-electron chi connectivity index (χ0n) is 13.0. The van der Waals surface area contributed by atoms with Gasteiger partial charge in [-0.3, -0.25) is 4.79 Å². The Kier molecular flexibility index (Phi) is 4.81. The summed E-state index contributed by atoms with van der Waals surface area (Å²) in [5.41, 5.74) is 2.47. The Labute approximate surface area is 121 Å². The predicted octanol–water partition coefficient (Wildman–Crippen LogP) is 1.57. The Hall–Kier alpha value is -1.36. The van der Waals surface area contributed by atoms with Crippen LogP contribution in [0.4, 0.5) is 0 Å². The third-order valence-corrected chi connectivity index (χ3v) is 3.54. The van der Waals surface area contributed by atoms with Crippen molar-refractivity contribution in [2.24, 2.45) is 0 Å². The summed E-state index contributed by atoms with van der Waals surface area (Å²) in [6, 6.07) is 0.202. The van der Waals surface area contributed by atoms with E-state index >= 15 is 0 Å². The molecule has 0 unspecified atom stereocenters. The molecule has 0 saturated carbocycles. The Bertz CT molecular complexity index is 476. The molecule has 0 atom stereocenters. The first-order chi connectivity index (χ1) is 9.49. The lowest BCUT2D eigenvalue weighted by molar-refractivity contribution is -0.121. The van der Waals surface area contributed by atoms with Crippen LogP contribution in [0.2, 0.25) is 0 Å². The third-order valence-electron chi connectivity index (χ3n) is 3.54. The summed E-state index contributed by atoms with van der Waals surface area (Å²) < 4.78 is 2.26. The van der Waals surface area contributed by atoms with Gasteiger partial charge >= 0.3 is 0 Å². The Balaban J connectivity index is 2.13. The molecule has 1 aliphatic rings. The molecule has 5 heteroatoms. The van der Waals surface area contributed by atoms with Crippen molar-refractivity contribution >= 4 is 5.91 Å². The summed E-state index contributed by atoms with van der Waals surface area (Å²) in [6.45, 7) is 10.9. The Morgan fingerprint density at radius 3 is 2.80 bits per heavy atom. The van der Waals surface area contributed by atoms with Gasteiger partial charge in [0.2, 0.25) is 5.91 Å². The zero-order valence-corrected chi connectivity index (χ0v) is 13.0. The van der Waals surface area contributed by atoms with E-state index in [9.17, 15) is 4.79 Å².